The van der Waals surface area contributed by atoms with Crippen molar-refractivity contribution in [3.63, 3.8) is 0 Å². The zero-order valence-corrected chi connectivity index (χ0v) is 16.0. The summed E-state index contributed by atoms with van der Waals surface area (Å²) in [7, 11) is 0. The van der Waals surface area contributed by atoms with Crippen LogP contribution in [0.15, 0.2) is 60.7 Å². The summed E-state index contributed by atoms with van der Waals surface area (Å²) in [6.07, 6.45) is 0. The van der Waals surface area contributed by atoms with Gasteiger partial charge in [0.15, 0.2) is 0 Å². The smallest absolute Gasteiger partial charge is 0.268 e. The summed E-state index contributed by atoms with van der Waals surface area (Å²) < 4.78 is 29.5. The molecule has 1 N–H and O–H groups in total. The topological polar surface area (TPSA) is 34.0 Å². The van der Waals surface area contributed by atoms with E-state index in [0.29, 0.717) is 17.8 Å². The van der Waals surface area contributed by atoms with E-state index in [-0.39, 0.29) is 24.1 Å². The van der Waals surface area contributed by atoms with Crippen molar-refractivity contribution in [1.82, 2.24) is 9.88 Å². The van der Waals surface area contributed by atoms with Gasteiger partial charge in [-0.05, 0) is 54.4 Å². The Morgan fingerprint density at radius 1 is 1.00 bits per heavy atom. The summed E-state index contributed by atoms with van der Waals surface area (Å²) in [6, 6.07) is 16.3. The van der Waals surface area contributed by atoms with Crippen LogP contribution in [-0.2, 0) is 13.1 Å². The Bertz CT molecular complexity index is 1150. The minimum atomic E-state index is -0.331. The molecule has 4 aromatic rings. The van der Waals surface area contributed by atoms with E-state index in [0.717, 1.165) is 20.7 Å². The van der Waals surface area contributed by atoms with Crippen LogP contribution in [-0.4, -0.2) is 10.5 Å². The van der Waals surface area contributed by atoms with Gasteiger partial charge in [0.2, 0.25) is 0 Å². The quantitative estimate of drug-likeness (QED) is 0.490. The van der Waals surface area contributed by atoms with Crippen LogP contribution in [0.3, 0.4) is 0 Å². The molecule has 0 radical (unpaired) electrons. The fourth-order valence-corrected chi connectivity index (χ4v) is 4.18. The van der Waals surface area contributed by atoms with E-state index in [1.54, 1.807) is 35.6 Å². The van der Waals surface area contributed by atoms with Crippen LogP contribution in [0.5, 0.6) is 0 Å². The van der Waals surface area contributed by atoms with Gasteiger partial charge in [0.25, 0.3) is 5.91 Å². The normalized spacial score (nSPS) is 11.1. The highest BCUT2D eigenvalue weighted by Gasteiger charge is 2.17. The van der Waals surface area contributed by atoms with Gasteiger partial charge in [0, 0.05) is 18.0 Å². The molecular formula is C22H18F2N2OS. The number of amides is 1. The number of nitrogens with zero attached hydrogens (tertiary/aromatic N) is 1. The first-order chi connectivity index (χ1) is 13.5. The number of aryl methyl sites for hydroxylation is 1. The van der Waals surface area contributed by atoms with E-state index in [9.17, 15) is 13.6 Å². The van der Waals surface area contributed by atoms with Gasteiger partial charge in [0.1, 0.15) is 17.3 Å². The Hall–Kier alpha value is -2.99. The fraction of sp³-hybridized carbons (Fsp3) is 0.136. The molecule has 6 heteroatoms. The van der Waals surface area contributed by atoms with Crippen LogP contribution >= 0.6 is 11.3 Å². The van der Waals surface area contributed by atoms with E-state index in [4.69, 9.17) is 0 Å². The third-order valence-electron chi connectivity index (χ3n) is 4.54. The molecule has 0 aliphatic heterocycles. The molecule has 0 saturated carbocycles. The van der Waals surface area contributed by atoms with Crippen LogP contribution in [0.25, 0.3) is 10.2 Å². The molecule has 28 heavy (non-hydrogen) atoms. The maximum absolute atomic E-state index is 13.3. The van der Waals surface area contributed by atoms with Crippen molar-refractivity contribution >= 4 is 27.5 Å². The lowest BCUT2D eigenvalue weighted by atomic mass is 10.2. The molecule has 142 valence electrons. The number of thiophene rings is 1. The Morgan fingerprint density at radius 2 is 1.79 bits per heavy atom. The summed E-state index contributed by atoms with van der Waals surface area (Å²) >= 11 is 1.62. The standard InChI is InChI=1S/C22H18F2N2OS/c1-14-9-19-21(28-14)11-20(26(19)13-15-5-7-17(23)8-6-15)22(27)25-12-16-3-2-4-18(24)10-16/h2-11H,12-13H2,1H3,(H,25,27). The van der Waals surface area contributed by atoms with Crippen molar-refractivity contribution in [2.24, 2.45) is 0 Å². The van der Waals surface area contributed by atoms with E-state index in [2.05, 4.69) is 5.32 Å². The molecule has 0 atom stereocenters. The van der Waals surface area contributed by atoms with Crippen molar-refractivity contribution in [3.8, 4) is 0 Å². The molecule has 0 spiro atoms. The molecule has 2 aromatic carbocycles. The number of fused-ring (bicyclic) bond motifs is 1. The molecule has 1 amide bonds. The van der Waals surface area contributed by atoms with Gasteiger partial charge in [-0.3, -0.25) is 4.79 Å². The summed E-state index contributed by atoms with van der Waals surface area (Å²) in [6.45, 7) is 2.73. The SMILES string of the molecule is Cc1cc2c(cc(C(=O)NCc3cccc(F)c3)n2Cc2ccc(F)cc2)s1. The molecule has 2 heterocycles. The van der Waals surface area contributed by atoms with Gasteiger partial charge in [0.05, 0.1) is 10.2 Å². The van der Waals surface area contributed by atoms with E-state index < -0.39 is 0 Å². The molecule has 2 aromatic heterocycles. The van der Waals surface area contributed by atoms with Gasteiger partial charge >= 0.3 is 0 Å². The minimum absolute atomic E-state index is 0.229. The summed E-state index contributed by atoms with van der Waals surface area (Å²) in [5, 5.41) is 2.86. The number of aromatic nitrogens is 1. The second kappa shape index (κ2) is 7.56. The molecule has 0 bridgehead atoms. The van der Waals surface area contributed by atoms with Crippen molar-refractivity contribution in [1.29, 1.82) is 0 Å². The third kappa shape index (κ3) is 3.82. The number of hydrogen-bond donors (Lipinski definition) is 1. The monoisotopic (exact) mass is 396 g/mol. The average Bonchev–Trinajstić information content (AvgIpc) is 3.19. The maximum Gasteiger partial charge on any atom is 0.268 e. The van der Waals surface area contributed by atoms with Gasteiger partial charge in [-0.15, -0.1) is 11.3 Å². The first-order valence-corrected chi connectivity index (χ1v) is 9.68. The average molecular weight is 396 g/mol. The Labute approximate surface area is 165 Å². The molecule has 3 nitrogen and oxygen atoms in total. The van der Waals surface area contributed by atoms with Crippen LogP contribution in [0.1, 0.15) is 26.5 Å². The third-order valence-corrected chi connectivity index (χ3v) is 5.53. The lowest BCUT2D eigenvalue weighted by Gasteiger charge is -2.11. The predicted octanol–water partition coefficient (Wildman–Crippen LogP) is 5.27. The molecule has 0 unspecified atom stereocenters. The summed E-state index contributed by atoms with van der Waals surface area (Å²) in [5.41, 5.74) is 3.11. The highest BCUT2D eigenvalue weighted by atomic mass is 32.1. The van der Waals surface area contributed by atoms with Gasteiger partial charge in [-0.1, -0.05) is 24.3 Å². The molecule has 0 saturated heterocycles. The van der Waals surface area contributed by atoms with Crippen molar-refractivity contribution in [3.05, 3.63) is 94.0 Å². The van der Waals surface area contributed by atoms with E-state index in [1.807, 2.05) is 23.6 Å². The Morgan fingerprint density at radius 3 is 2.54 bits per heavy atom. The highest BCUT2D eigenvalue weighted by Crippen LogP contribution is 2.29. The Balaban J connectivity index is 1.62. The zero-order chi connectivity index (χ0) is 19.7. The van der Waals surface area contributed by atoms with Gasteiger partial charge in [-0.25, -0.2) is 8.78 Å². The van der Waals surface area contributed by atoms with Crippen LogP contribution in [0.2, 0.25) is 0 Å². The van der Waals surface area contributed by atoms with Crippen molar-refractivity contribution in [2.75, 3.05) is 0 Å². The number of halogens is 2. The molecule has 0 fully saturated rings. The number of carbonyl (C=O) groups excluding carboxylic acids is 1. The number of benzene rings is 2. The summed E-state index contributed by atoms with van der Waals surface area (Å²) in [4.78, 5) is 14.0. The minimum Gasteiger partial charge on any atom is -0.347 e. The second-order valence-electron chi connectivity index (χ2n) is 6.66. The Kier molecular flexibility index (Phi) is 4.96. The maximum atomic E-state index is 13.3. The largest absolute Gasteiger partial charge is 0.347 e. The van der Waals surface area contributed by atoms with Crippen LogP contribution < -0.4 is 5.32 Å². The number of rotatable bonds is 5. The van der Waals surface area contributed by atoms with Crippen molar-refractivity contribution in [2.45, 2.75) is 20.0 Å². The number of nitrogens with one attached hydrogen (secondary N) is 1. The fourth-order valence-electron chi connectivity index (χ4n) is 3.22. The van der Waals surface area contributed by atoms with Crippen molar-refractivity contribution < 1.29 is 13.6 Å². The highest BCUT2D eigenvalue weighted by molar-refractivity contribution is 7.19. The zero-order valence-electron chi connectivity index (χ0n) is 15.2. The van der Waals surface area contributed by atoms with Gasteiger partial charge in [-0.2, -0.15) is 0 Å². The number of hydrogen-bond acceptors (Lipinski definition) is 2. The van der Waals surface area contributed by atoms with Crippen LogP contribution in [0, 0.1) is 18.6 Å². The van der Waals surface area contributed by atoms with Gasteiger partial charge < -0.3 is 9.88 Å². The molecular weight excluding hydrogens is 378 g/mol. The number of carbonyl (C=O) groups is 1. The van der Waals surface area contributed by atoms with E-state index in [1.165, 1.54) is 24.3 Å². The lowest BCUT2D eigenvalue weighted by molar-refractivity contribution is 0.0942. The molecule has 4 rings (SSSR count). The summed E-state index contributed by atoms with van der Waals surface area (Å²) in [5.74, 6) is -0.851. The predicted molar refractivity (Wildman–Crippen MR) is 108 cm³/mol. The lowest BCUT2D eigenvalue weighted by Crippen LogP contribution is -2.25. The first kappa shape index (κ1) is 18.4. The van der Waals surface area contributed by atoms with E-state index >= 15 is 0 Å². The molecule has 0 aliphatic carbocycles. The second-order valence-corrected chi connectivity index (χ2v) is 7.95. The first-order valence-electron chi connectivity index (χ1n) is 8.86. The molecule has 0 aliphatic rings. The van der Waals surface area contributed by atoms with Crippen LogP contribution in [0.4, 0.5) is 8.78 Å².